The molecule has 3 rings (SSSR count). The highest BCUT2D eigenvalue weighted by Gasteiger charge is 2.11. The van der Waals surface area contributed by atoms with Gasteiger partial charge in [-0.25, -0.2) is 15.0 Å². The van der Waals surface area contributed by atoms with Crippen LogP contribution in [0.5, 0.6) is 5.75 Å². The summed E-state index contributed by atoms with van der Waals surface area (Å²) >= 11 is 0. The summed E-state index contributed by atoms with van der Waals surface area (Å²) in [4.78, 5) is 28.1. The first-order valence-corrected chi connectivity index (χ1v) is 7.71. The Balaban J connectivity index is 2.06. The van der Waals surface area contributed by atoms with Crippen molar-refractivity contribution in [2.24, 2.45) is 0 Å². The number of hydrogen-bond acceptors (Lipinski definition) is 6. The molecule has 0 saturated heterocycles. The zero-order valence-corrected chi connectivity index (χ0v) is 14.1. The van der Waals surface area contributed by atoms with Gasteiger partial charge in [-0.3, -0.25) is 15.1 Å². The van der Waals surface area contributed by atoms with E-state index in [9.17, 15) is 4.79 Å². The van der Waals surface area contributed by atoms with Gasteiger partial charge in [-0.2, -0.15) is 0 Å². The molecule has 0 unspecified atom stereocenters. The molecule has 24 heavy (non-hydrogen) atoms. The van der Waals surface area contributed by atoms with E-state index in [2.05, 4.69) is 25.3 Å². The number of methoxy groups -OCH3 is 1. The molecule has 0 bridgehead atoms. The topological polar surface area (TPSA) is 92.8 Å². The molecular formula is C17H19N5O2. The predicted octanol–water partition coefficient (Wildman–Crippen LogP) is 2.64. The lowest BCUT2D eigenvalue weighted by atomic mass is 10.2. The van der Waals surface area contributed by atoms with Crippen molar-refractivity contribution < 1.29 is 4.74 Å². The fourth-order valence-corrected chi connectivity index (χ4v) is 2.69. The number of fused-ring (bicyclic) bond motifs is 1. The SMILES string of the molecule is CCc1c(C)nc(Nc2nc(C)c3cccc(OC)c3n2)[nH]c1=O. The van der Waals surface area contributed by atoms with Crippen molar-refractivity contribution in [1.82, 2.24) is 19.9 Å². The average Bonchev–Trinajstić information content (AvgIpc) is 2.54. The molecule has 2 aromatic heterocycles. The quantitative estimate of drug-likeness (QED) is 0.766. The van der Waals surface area contributed by atoms with E-state index in [4.69, 9.17) is 4.74 Å². The Hall–Kier alpha value is -2.96. The Morgan fingerprint density at radius 3 is 2.62 bits per heavy atom. The molecule has 2 N–H and O–H groups in total. The van der Waals surface area contributed by atoms with Gasteiger partial charge in [-0.1, -0.05) is 19.1 Å². The van der Waals surface area contributed by atoms with Gasteiger partial charge in [-0.15, -0.1) is 0 Å². The summed E-state index contributed by atoms with van der Waals surface area (Å²) < 4.78 is 5.36. The number of H-pyrrole nitrogens is 1. The van der Waals surface area contributed by atoms with E-state index in [1.165, 1.54) is 0 Å². The first-order chi connectivity index (χ1) is 11.5. The Kier molecular flexibility index (Phi) is 4.16. The molecule has 0 saturated carbocycles. The van der Waals surface area contributed by atoms with Crippen LogP contribution < -0.4 is 15.6 Å². The molecule has 0 aliphatic heterocycles. The minimum atomic E-state index is -0.150. The third-order valence-corrected chi connectivity index (χ3v) is 3.91. The molecule has 0 aliphatic rings. The summed E-state index contributed by atoms with van der Waals surface area (Å²) in [5, 5.41) is 3.89. The Bertz CT molecular complexity index is 965. The summed E-state index contributed by atoms with van der Waals surface area (Å²) in [7, 11) is 1.60. The van der Waals surface area contributed by atoms with Crippen LogP contribution >= 0.6 is 0 Å². The van der Waals surface area contributed by atoms with E-state index in [0.717, 1.165) is 11.1 Å². The van der Waals surface area contributed by atoms with Crippen LogP contribution in [0.1, 0.15) is 23.9 Å². The van der Waals surface area contributed by atoms with Gasteiger partial charge < -0.3 is 4.74 Å². The summed E-state index contributed by atoms with van der Waals surface area (Å²) in [6.45, 7) is 5.64. The Morgan fingerprint density at radius 1 is 1.17 bits per heavy atom. The van der Waals surface area contributed by atoms with Crippen molar-refractivity contribution in [2.45, 2.75) is 27.2 Å². The highest BCUT2D eigenvalue weighted by molar-refractivity contribution is 5.87. The van der Waals surface area contributed by atoms with E-state index in [1.54, 1.807) is 7.11 Å². The van der Waals surface area contributed by atoms with Gasteiger partial charge in [0.1, 0.15) is 11.3 Å². The van der Waals surface area contributed by atoms with Gasteiger partial charge in [0.2, 0.25) is 11.9 Å². The fourth-order valence-electron chi connectivity index (χ4n) is 2.69. The second-order valence-corrected chi connectivity index (χ2v) is 5.45. The minimum absolute atomic E-state index is 0.150. The molecule has 0 aliphatic carbocycles. The average molecular weight is 325 g/mol. The summed E-state index contributed by atoms with van der Waals surface area (Å²) in [5.74, 6) is 1.35. The third-order valence-electron chi connectivity index (χ3n) is 3.91. The van der Waals surface area contributed by atoms with Crippen molar-refractivity contribution in [2.75, 3.05) is 12.4 Å². The zero-order chi connectivity index (χ0) is 17.3. The highest BCUT2D eigenvalue weighted by Crippen LogP contribution is 2.26. The molecule has 0 radical (unpaired) electrons. The number of ether oxygens (including phenoxy) is 1. The lowest BCUT2D eigenvalue weighted by Crippen LogP contribution is -2.18. The molecule has 7 nitrogen and oxygen atoms in total. The van der Waals surface area contributed by atoms with E-state index >= 15 is 0 Å². The monoisotopic (exact) mass is 325 g/mol. The molecule has 124 valence electrons. The molecule has 0 atom stereocenters. The standard InChI is InChI=1S/C17H19N5O2/c1-5-11-9(2)18-17(21-15(11)23)22-16-19-10(3)12-7-6-8-13(24-4)14(12)20-16/h6-8H,5H2,1-4H3,(H2,18,19,20,21,22,23). The summed E-state index contributed by atoms with van der Waals surface area (Å²) in [5.41, 5.74) is 2.74. The largest absolute Gasteiger partial charge is 0.494 e. The van der Waals surface area contributed by atoms with Crippen LogP contribution in [-0.4, -0.2) is 27.0 Å². The first kappa shape index (κ1) is 15.9. The smallest absolute Gasteiger partial charge is 0.255 e. The van der Waals surface area contributed by atoms with Crippen LogP contribution in [-0.2, 0) is 6.42 Å². The fraction of sp³-hybridized carbons (Fsp3) is 0.294. The first-order valence-electron chi connectivity index (χ1n) is 7.71. The van der Waals surface area contributed by atoms with Crippen molar-refractivity contribution >= 4 is 22.8 Å². The van der Waals surface area contributed by atoms with Crippen LogP contribution in [0.15, 0.2) is 23.0 Å². The lowest BCUT2D eigenvalue weighted by Gasteiger charge is -2.10. The number of anilines is 2. The number of aromatic nitrogens is 4. The molecule has 2 heterocycles. The zero-order valence-electron chi connectivity index (χ0n) is 14.1. The van der Waals surface area contributed by atoms with Crippen molar-refractivity contribution in [3.05, 3.63) is 45.5 Å². The van der Waals surface area contributed by atoms with E-state index in [-0.39, 0.29) is 5.56 Å². The Morgan fingerprint density at radius 2 is 1.96 bits per heavy atom. The second-order valence-electron chi connectivity index (χ2n) is 5.45. The number of aromatic amines is 1. The van der Waals surface area contributed by atoms with Crippen LogP contribution in [0, 0.1) is 13.8 Å². The van der Waals surface area contributed by atoms with Gasteiger partial charge in [0, 0.05) is 16.6 Å². The normalized spacial score (nSPS) is 10.8. The molecule has 3 aromatic rings. The van der Waals surface area contributed by atoms with Crippen molar-refractivity contribution in [3.63, 3.8) is 0 Å². The minimum Gasteiger partial charge on any atom is -0.494 e. The maximum absolute atomic E-state index is 12.1. The van der Waals surface area contributed by atoms with Crippen LogP contribution in [0.3, 0.4) is 0 Å². The van der Waals surface area contributed by atoms with Crippen LogP contribution in [0.25, 0.3) is 10.9 Å². The molecule has 7 heteroatoms. The number of nitrogens with one attached hydrogen (secondary N) is 2. The molecule has 0 amide bonds. The second kappa shape index (κ2) is 6.27. The number of rotatable bonds is 4. The third kappa shape index (κ3) is 2.80. The van der Waals surface area contributed by atoms with E-state index in [1.807, 2.05) is 39.0 Å². The van der Waals surface area contributed by atoms with Crippen LogP contribution in [0.2, 0.25) is 0 Å². The molecular weight excluding hydrogens is 306 g/mol. The maximum atomic E-state index is 12.1. The number of hydrogen-bond donors (Lipinski definition) is 2. The van der Waals surface area contributed by atoms with Gasteiger partial charge in [-0.05, 0) is 26.3 Å². The van der Waals surface area contributed by atoms with Crippen molar-refractivity contribution in [1.29, 1.82) is 0 Å². The van der Waals surface area contributed by atoms with Gasteiger partial charge in [0.05, 0.1) is 12.8 Å². The molecule has 0 fully saturated rings. The van der Waals surface area contributed by atoms with Crippen LogP contribution in [0.4, 0.5) is 11.9 Å². The number of aryl methyl sites for hydroxylation is 2. The van der Waals surface area contributed by atoms with E-state index in [0.29, 0.717) is 40.8 Å². The van der Waals surface area contributed by atoms with Gasteiger partial charge in [0.15, 0.2) is 0 Å². The number of nitrogens with zero attached hydrogens (tertiary/aromatic N) is 3. The van der Waals surface area contributed by atoms with Gasteiger partial charge >= 0.3 is 0 Å². The number of para-hydroxylation sites is 1. The Labute approximate surface area is 139 Å². The summed E-state index contributed by atoms with van der Waals surface area (Å²) in [6.07, 6.45) is 0.636. The van der Waals surface area contributed by atoms with Gasteiger partial charge in [0.25, 0.3) is 5.56 Å². The molecule has 0 spiro atoms. The maximum Gasteiger partial charge on any atom is 0.255 e. The van der Waals surface area contributed by atoms with E-state index < -0.39 is 0 Å². The highest BCUT2D eigenvalue weighted by atomic mass is 16.5. The number of benzene rings is 1. The predicted molar refractivity (Wildman–Crippen MR) is 93.1 cm³/mol. The lowest BCUT2D eigenvalue weighted by molar-refractivity contribution is 0.419. The molecule has 1 aromatic carbocycles. The van der Waals surface area contributed by atoms with Crippen molar-refractivity contribution in [3.8, 4) is 5.75 Å². The summed E-state index contributed by atoms with van der Waals surface area (Å²) in [6, 6.07) is 5.69.